The Hall–Kier alpha value is -2.02. The highest BCUT2D eigenvalue weighted by atomic mass is 16.2. The first kappa shape index (κ1) is 16.2. The molecule has 4 heterocycles. The minimum Gasteiger partial charge on any atom is -0.341 e. The average molecular weight is 354 g/mol. The van der Waals surface area contributed by atoms with Crippen molar-refractivity contribution in [2.45, 2.75) is 56.9 Å². The van der Waals surface area contributed by atoms with Gasteiger partial charge in [-0.05, 0) is 63.2 Å². The number of fused-ring (bicyclic) bond motifs is 2. The molecule has 7 nitrogen and oxygen atoms in total. The van der Waals surface area contributed by atoms with Crippen molar-refractivity contribution in [3.63, 3.8) is 0 Å². The van der Waals surface area contributed by atoms with Gasteiger partial charge in [0.15, 0.2) is 11.5 Å². The van der Waals surface area contributed by atoms with Gasteiger partial charge in [-0.25, -0.2) is 0 Å². The monoisotopic (exact) mass is 354 g/mol. The molecule has 1 aliphatic carbocycles. The molecule has 2 aromatic rings. The van der Waals surface area contributed by atoms with Gasteiger partial charge in [0.1, 0.15) is 0 Å². The number of hydrogen-bond acceptors (Lipinski definition) is 5. The van der Waals surface area contributed by atoms with Crippen LogP contribution in [0, 0.1) is 0 Å². The smallest absolute Gasteiger partial charge is 0.222 e. The summed E-state index contributed by atoms with van der Waals surface area (Å²) in [7, 11) is 1.94. The fourth-order valence-electron chi connectivity index (χ4n) is 4.80. The zero-order valence-corrected chi connectivity index (χ0v) is 15.4. The van der Waals surface area contributed by atoms with Crippen LogP contribution < -0.4 is 0 Å². The van der Waals surface area contributed by atoms with E-state index in [2.05, 4.69) is 21.2 Å². The molecule has 2 fully saturated rings. The lowest BCUT2D eigenvalue weighted by molar-refractivity contribution is -0.127. The Morgan fingerprint density at radius 1 is 1.12 bits per heavy atom. The number of carbonyl (C=O) groups excluding carboxylic acids is 1. The summed E-state index contributed by atoms with van der Waals surface area (Å²) in [4.78, 5) is 16.2. The van der Waals surface area contributed by atoms with E-state index in [1.807, 2.05) is 16.5 Å². The number of aromatic nitrogens is 4. The van der Waals surface area contributed by atoms with Crippen LogP contribution in [0.1, 0.15) is 55.1 Å². The normalized spacial score (nSPS) is 24.7. The third-order valence-corrected chi connectivity index (χ3v) is 6.50. The van der Waals surface area contributed by atoms with E-state index < -0.39 is 0 Å². The van der Waals surface area contributed by atoms with Crippen LogP contribution in [-0.2, 0) is 17.6 Å². The molecule has 2 aromatic heterocycles. The van der Waals surface area contributed by atoms with Gasteiger partial charge in [0.25, 0.3) is 0 Å². The van der Waals surface area contributed by atoms with Crippen molar-refractivity contribution in [3.8, 4) is 0 Å². The van der Waals surface area contributed by atoms with Crippen LogP contribution in [0.25, 0.3) is 5.65 Å². The summed E-state index contributed by atoms with van der Waals surface area (Å²) in [6.45, 7) is 3.12. The highest BCUT2D eigenvalue weighted by molar-refractivity contribution is 5.78. The maximum absolute atomic E-state index is 11.7. The van der Waals surface area contributed by atoms with Crippen LogP contribution in [0.4, 0.5) is 0 Å². The van der Waals surface area contributed by atoms with Gasteiger partial charge >= 0.3 is 0 Å². The molecule has 0 spiro atoms. The first-order chi connectivity index (χ1) is 12.7. The number of likely N-dealkylation sites (N-methyl/N-ethyl adjacent to an activating group) is 1. The van der Waals surface area contributed by atoms with Crippen molar-refractivity contribution in [1.82, 2.24) is 29.6 Å². The molecule has 1 unspecified atom stereocenters. The number of amides is 1. The van der Waals surface area contributed by atoms with Crippen LogP contribution in [0.3, 0.4) is 0 Å². The third-order valence-electron chi connectivity index (χ3n) is 6.50. The summed E-state index contributed by atoms with van der Waals surface area (Å²) in [5, 5.41) is 13.7. The fourth-order valence-corrected chi connectivity index (χ4v) is 4.80. The second-order valence-corrected chi connectivity index (χ2v) is 8.07. The van der Waals surface area contributed by atoms with Gasteiger partial charge in [-0.3, -0.25) is 4.79 Å². The molecule has 1 amide bonds. The Morgan fingerprint density at radius 2 is 1.96 bits per heavy atom. The number of carbonyl (C=O) groups is 1. The molecule has 2 saturated heterocycles. The summed E-state index contributed by atoms with van der Waals surface area (Å²) >= 11 is 0. The topological polar surface area (TPSA) is 66.6 Å². The van der Waals surface area contributed by atoms with E-state index in [-0.39, 0.29) is 0 Å². The number of likely N-dealkylation sites (tertiary alicyclic amines) is 2. The van der Waals surface area contributed by atoms with Crippen molar-refractivity contribution in [2.24, 2.45) is 0 Å². The second-order valence-electron chi connectivity index (χ2n) is 8.07. The largest absolute Gasteiger partial charge is 0.341 e. The number of aryl methyl sites for hydroxylation is 2. The summed E-state index contributed by atoms with van der Waals surface area (Å²) in [6.07, 6.45) is 7.29. The van der Waals surface area contributed by atoms with Crippen molar-refractivity contribution in [3.05, 3.63) is 23.1 Å². The molecule has 0 N–H and O–H groups in total. The first-order valence-electron chi connectivity index (χ1n) is 9.91. The standard InChI is InChI=1S/C19H26N6O/c1-23-15(5-6-18(23)26)12-24-9-7-13(8-10-24)19-21-20-17-11-14-3-2-4-16(14)22-25(17)19/h11,13,15H,2-10,12H2,1H3. The minimum atomic E-state index is 0.290. The van der Waals surface area contributed by atoms with Gasteiger partial charge in [-0.1, -0.05) is 0 Å². The number of piperidine rings is 1. The highest BCUT2D eigenvalue weighted by Crippen LogP contribution is 2.29. The molecule has 0 saturated carbocycles. The van der Waals surface area contributed by atoms with E-state index in [1.54, 1.807) is 0 Å². The number of rotatable bonds is 3. The minimum absolute atomic E-state index is 0.290. The lowest BCUT2D eigenvalue weighted by Crippen LogP contribution is -2.43. The van der Waals surface area contributed by atoms with E-state index in [4.69, 9.17) is 5.10 Å². The summed E-state index contributed by atoms with van der Waals surface area (Å²) in [6, 6.07) is 2.56. The summed E-state index contributed by atoms with van der Waals surface area (Å²) in [5.74, 6) is 1.75. The number of nitrogens with zero attached hydrogens (tertiary/aromatic N) is 6. The highest BCUT2D eigenvalue weighted by Gasteiger charge is 2.31. The molecule has 1 atom stereocenters. The Kier molecular flexibility index (Phi) is 3.92. The SMILES string of the molecule is CN1C(=O)CCC1CN1CCC(c2nnc3cc4c(nn23)CCC4)CC1. The molecule has 0 bridgehead atoms. The van der Waals surface area contributed by atoms with Crippen molar-refractivity contribution in [1.29, 1.82) is 0 Å². The maximum Gasteiger partial charge on any atom is 0.222 e. The van der Waals surface area contributed by atoms with Crippen LogP contribution in [-0.4, -0.2) is 68.2 Å². The predicted octanol–water partition coefficient (Wildman–Crippen LogP) is 1.41. The van der Waals surface area contributed by atoms with Crippen LogP contribution in [0.5, 0.6) is 0 Å². The molecule has 5 rings (SSSR count). The average Bonchev–Trinajstić information content (AvgIpc) is 3.35. The second kappa shape index (κ2) is 6.30. The van der Waals surface area contributed by atoms with Crippen LogP contribution in [0.15, 0.2) is 6.07 Å². The molecule has 3 aliphatic rings. The van der Waals surface area contributed by atoms with E-state index in [0.717, 1.165) is 63.2 Å². The van der Waals surface area contributed by atoms with Gasteiger partial charge in [0.05, 0.1) is 5.69 Å². The lowest BCUT2D eigenvalue weighted by Gasteiger charge is -2.34. The predicted molar refractivity (Wildman–Crippen MR) is 97.0 cm³/mol. The van der Waals surface area contributed by atoms with E-state index in [1.165, 1.54) is 17.7 Å². The molecular weight excluding hydrogens is 328 g/mol. The van der Waals surface area contributed by atoms with Crippen molar-refractivity contribution in [2.75, 3.05) is 26.7 Å². The summed E-state index contributed by atoms with van der Waals surface area (Å²) < 4.78 is 1.99. The van der Waals surface area contributed by atoms with Gasteiger partial charge < -0.3 is 9.80 Å². The van der Waals surface area contributed by atoms with Gasteiger partial charge in [0, 0.05) is 32.0 Å². The Morgan fingerprint density at radius 3 is 2.73 bits per heavy atom. The van der Waals surface area contributed by atoms with Gasteiger partial charge in [-0.15, -0.1) is 10.2 Å². The zero-order chi connectivity index (χ0) is 17.7. The third kappa shape index (κ3) is 2.69. The molecule has 0 radical (unpaired) electrons. The quantitative estimate of drug-likeness (QED) is 0.834. The van der Waals surface area contributed by atoms with E-state index >= 15 is 0 Å². The Labute approximate surface area is 153 Å². The van der Waals surface area contributed by atoms with Gasteiger partial charge in [-0.2, -0.15) is 9.61 Å². The van der Waals surface area contributed by atoms with Crippen LogP contribution >= 0.6 is 0 Å². The molecule has 138 valence electrons. The van der Waals surface area contributed by atoms with E-state index in [9.17, 15) is 4.79 Å². The number of hydrogen-bond donors (Lipinski definition) is 0. The summed E-state index contributed by atoms with van der Waals surface area (Å²) in [5.41, 5.74) is 3.47. The maximum atomic E-state index is 11.7. The Bertz CT molecular complexity index is 838. The zero-order valence-electron chi connectivity index (χ0n) is 15.4. The molecule has 0 aromatic carbocycles. The molecular formula is C19H26N6O. The van der Waals surface area contributed by atoms with Crippen molar-refractivity contribution >= 4 is 11.6 Å². The van der Waals surface area contributed by atoms with Gasteiger partial charge in [0.2, 0.25) is 5.91 Å². The lowest BCUT2D eigenvalue weighted by atomic mass is 9.95. The molecule has 7 heteroatoms. The molecule has 2 aliphatic heterocycles. The Balaban J connectivity index is 1.27. The van der Waals surface area contributed by atoms with E-state index in [0.29, 0.717) is 24.3 Å². The fraction of sp³-hybridized carbons (Fsp3) is 0.684. The van der Waals surface area contributed by atoms with Crippen molar-refractivity contribution < 1.29 is 4.79 Å². The molecule has 26 heavy (non-hydrogen) atoms. The van der Waals surface area contributed by atoms with Crippen LogP contribution in [0.2, 0.25) is 0 Å². The first-order valence-corrected chi connectivity index (χ1v) is 9.91.